The maximum Gasteiger partial charge on any atom is 0.418 e. The van der Waals surface area contributed by atoms with Crippen molar-refractivity contribution in [1.82, 2.24) is 0 Å². The second-order valence-corrected chi connectivity index (χ2v) is 3.30. The van der Waals surface area contributed by atoms with Gasteiger partial charge in [0.25, 0.3) is 0 Å². The van der Waals surface area contributed by atoms with Gasteiger partial charge in [-0.05, 0) is 12.5 Å². The first-order valence-corrected chi connectivity index (χ1v) is 4.21. The van der Waals surface area contributed by atoms with Crippen LogP contribution in [0.3, 0.4) is 0 Å². The van der Waals surface area contributed by atoms with E-state index in [0.29, 0.717) is 5.56 Å². The van der Waals surface area contributed by atoms with Gasteiger partial charge >= 0.3 is 6.18 Å². The SMILES string of the molecule is Cc1cccc(C(O)C(F)(F)F)c1Cl. The molecule has 0 radical (unpaired) electrons. The molecule has 0 bridgehead atoms. The average molecular weight is 225 g/mol. The lowest BCUT2D eigenvalue weighted by molar-refractivity contribution is -0.206. The summed E-state index contributed by atoms with van der Waals surface area (Å²) >= 11 is 5.63. The van der Waals surface area contributed by atoms with E-state index in [9.17, 15) is 13.2 Å². The Morgan fingerprint density at radius 3 is 2.43 bits per heavy atom. The second-order valence-electron chi connectivity index (χ2n) is 2.92. The molecule has 5 heteroatoms. The molecule has 0 saturated carbocycles. The standard InChI is InChI=1S/C9H8ClF3O/c1-5-3-2-4-6(7(5)10)8(14)9(11,12)13/h2-4,8,14H,1H3. The molecule has 1 atom stereocenters. The number of hydrogen-bond acceptors (Lipinski definition) is 1. The number of halogens is 4. The molecule has 1 aromatic rings. The summed E-state index contributed by atoms with van der Waals surface area (Å²) in [6, 6.07) is 4.16. The van der Waals surface area contributed by atoms with Crippen molar-refractivity contribution in [2.45, 2.75) is 19.2 Å². The quantitative estimate of drug-likeness (QED) is 0.777. The summed E-state index contributed by atoms with van der Waals surface area (Å²) in [5.41, 5.74) is 0.201. The summed E-state index contributed by atoms with van der Waals surface area (Å²) in [5.74, 6) is 0. The minimum atomic E-state index is -4.68. The third-order valence-corrected chi connectivity index (χ3v) is 2.34. The van der Waals surface area contributed by atoms with Gasteiger partial charge in [-0.3, -0.25) is 0 Å². The van der Waals surface area contributed by atoms with Crippen molar-refractivity contribution in [2.24, 2.45) is 0 Å². The number of benzene rings is 1. The zero-order chi connectivity index (χ0) is 10.9. The normalized spacial score (nSPS) is 14.1. The Balaban J connectivity index is 3.14. The molecule has 0 fully saturated rings. The first-order chi connectivity index (χ1) is 6.34. The van der Waals surface area contributed by atoms with Crippen LogP contribution in [-0.4, -0.2) is 11.3 Å². The average Bonchev–Trinajstić information content (AvgIpc) is 2.07. The fourth-order valence-corrected chi connectivity index (χ4v) is 1.29. The third-order valence-electron chi connectivity index (χ3n) is 1.83. The number of aryl methyl sites for hydroxylation is 1. The molecule has 1 unspecified atom stereocenters. The summed E-state index contributed by atoms with van der Waals surface area (Å²) in [6.45, 7) is 1.58. The van der Waals surface area contributed by atoms with Gasteiger partial charge in [0, 0.05) is 10.6 Å². The van der Waals surface area contributed by atoms with Gasteiger partial charge < -0.3 is 5.11 Å². The van der Waals surface area contributed by atoms with E-state index in [1.165, 1.54) is 6.07 Å². The highest BCUT2D eigenvalue weighted by Gasteiger charge is 2.40. The first kappa shape index (κ1) is 11.3. The van der Waals surface area contributed by atoms with Crippen LogP contribution in [-0.2, 0) is 0 Å². The lowest BCUT2D eigenvalue weighted by Crippen LogP contribution is -2.20. The van der Waals surface area contributed by atoms with Crippen molar-refractivity contribution < 1.29 is 18.3 Å². The minimum absolute atomic E-state index is 0.0441. The monoisotopic (exact) mass is 224 g/mol. The van der Waals surface area contributed by atoms with Crippen LogP contribution in [0.4, 0.5) is 13.2 Å². The van der Waals surface area contributed by atoms with E-state index in [2.05, 4.69) is 0 Å². The number of aliphatic hydroxyl groups is 1. The highest BCUT2D eigenvalue weighted by atomic mass is 35.5. The third kappa shape index (κ3) is 2.19. The molecule has 78 valence electrons. The van der Waals surface area contributed by atoms with Crippen LogP contribution in [0.25, 0.3) is 0 Å². The maximum absolute atomic E-state index is 12.1. The molecule has 1 N–H and O–H groups in total. The zero-order valence-corrected chi connectivity index (χ0v) is 8.02. The van der Waals surface area contributed by atoms with Crippen molar-refractivity contribution in [1.29, 1.82) is 0 Å². The summed E-state index contributed by atoms with van der Waals surface area (Å²) in [5, 5.41) is 8.91. The Hall–Kier alpha value is -0.740. The second kappa shape index (κ2) is 3.79. The molecule has 0 heterocycles. The summed E-state index contributed by atoms with van der Waals surface area (Å²) in [7, 11) is 0. The van der Waals surface area contributed by atoms with Gasteiger partial charge in [-0.25, -0.2) is 0 Å². The van der Waals surface area contributed by atoms with Crippen LogP contribution in [0.5, 0.6) is 0 Å². The van der Waals surface area contributed by atoms with Gasteiger partial charge in [-0.15, -0.1) is 0 Å². The van der Waals surface area contributed by atoms with Crippen LogP contribution in [0, 0.1) is 6.92 Å². The number of hydrogen-bond donors (Lipinski definition) is 1. The minimum Gasteiger partial charge on any atom is -0.379 e. The van der Waals surface area contributed by atoms with Crippen molar-refractivity contribution >= 4 is 11.6 Å². The van der Waals surface area contributed by atoms with E-state index < -0.39 is 12.3 Å². The molecule has 0 aliphatic rings. The Morgan fingerprint density at radius 2 is 1.93 bits per heavy atom. The van der Waals surface area contributed by atoms with E-state index in [4.69, 9.17) is 16.7 Å². The van der Waals surface area contributed by atoms with E-state index in [1.807, 2.05) is 0 Å². The molecule has 0 aliphatic carbocycles. The summed E-state index contributed by atoms with van der Waals surface area (Å²) < 4.78 is 36.4. The Labute approximate surface area is 84.1 Å². The Kier molecular flexibility index (Phi) is 3.07. The Morgan fingerprint density at radius 1 is 1.36 bits per heavy atom. The molecule has 0 saturated heterocycles. The van der Waals surface area contributed by atoms with E-state index in [-0.39, 0.29) is 10.6 Å². The first-order valence-electron chi connectivity index (χ1n) is 3.84. The number of alkyl halides is 3. The van der Waals surface area contributed by atoms with Crippen molar-refractivity contribution in [2.75, 3.05) is 0 Å². The lowest BCUT2D eigenvalue weighted by Gasteiger charge is -2.16. The van der Waals surface area contributed by atoms with Crippen molar-refractivity contribution in [3.63, 3.8) is 0 Å². The molecule has 14 heavy (non-hydrogen) atoms. The predicted molar refractivity (Wildman–Crippen MR) is 47.2 cm³/mol. The topological polar surface area (TPSA) is 20.2 Å². The molecular formula is C9H8ClF3O. The highest BCUT2D eigenvalue weighted by molar-refractivity contribution is 6.32. The molecule has 1 rings (SSSR count). The van der Waals surface area contributed by atoms with Gasteiger partial charge in [-0.1, -0.05) is 29.8 Å². The molecule has 1 nitrogen and oxygen atoms in total. The predicted octanol–water partition coefficient (Wildman–Crippen LogP) is 3.24. The number of rotatable bonds is 1. The van der Waals surface area contributed by atoms with Gasteiger partial charge in [0.2, 0.25) is 0 Å². The summed E-state index contributed by atoms with van der Waals surface area (Å²) in [6.07, 6.45) is -7.20. The fourth-order valence-electron chi connectivity index (χ4n) is 1.06. The largest absolute Gasteiger partial charge is 0.418 e. The molecule has 0 spiro atoms. The molecular weight excluding hydrogens is 217 g/mol. The van der Waals surface area contributed by atoms with E-state index in [0.717, 1.165) is 6.07 Å². The fraction of sp³-hybridized carbons (Fsp3) is 0.333. The highest BCUT2D eigenvalue weighted by Crippen LogP contribution is 2.36. The molecule has 0 aliphatic heterocycles. The van der Waals surface area contributed by atoms with Crippen LogP contribution in [0.2, 0.25) is 5.02 Å². The molecule has 0 amide bonds. The van der Waals surface area contributed by atoms with Gasteiger partial charge in [0.05, 0.1) is 0 Å². The van der Waals surface area contributed by atoms with Crippen molar-refractivity contribution in [3.8, 4) is 0 Å². The van der Waals surface area contributed by atoms with Crippen LogP contribution < -0.4 is 0 Å². The summed E-state index contributed by atoms with van der Waals surface area (Å²) in [4.78, 5) is 0. The maximum atomic E-state index is 12.1. The van der Waals surface area contributed by atoms with Crippen LogP contribution >= 0.6 is 11.6 Å². The van der Waals surface area contributed by atoms with E-state index >= 15 is 0 Å². The smallest absolute Gasteiger partial charge is 0.379 e. The van der Waals surface area contributed by atoms with E-state index in [1.54, 1.807) is 13.0 Å². The van der Waals surface area contributed by atoms with Gasteiger partial charge in [0.15, 0.2) is 6.10 Å². The number of aliphatic hydroxyl groups excluding tert-OH is 1. The van der Waals surface area contributed by atoms with Crippen LogP contribution in [0.1, 0.15) is 17.2 Å². The van der Waals surface area contributed by atoms with Gasteiger partial charge in [-0.2, -0.15) is 13.2 Å². The van der Waals surface area contributed by atoms with Gasteiger partial charge in [0.1, 0.15) is 0 Å². The van der Waals surface area contributed by atoms with Crippen molar-refractivity contribution in [3.05, 3.63) is 34.3 Å². The zero-order valence-electron chi connectivity index (χ0n) is 7.27. The molecule has 1 aromatic carbocycles. The molecule has 0 aromatic heterocycles. The van der Waals surface area contributed by atoms with Crippen LogP contribution in [0.15, 0.2) is 18.2 Å². The lowest BCUT2D eigenvalue weighted by atomic mass is 10.1. The Bertz CT molecular complexity index is 335.